The molecule has 9 heteroatoms. The summed E-state index contributed by atoms with van der Waals surface area (Å²) in [5.74, 6) is 1.43. The van der Waals surface area contributed by atoms with Gasteiger partial charge in [-0.3, -0.25) is 0 Å². The summed E-state index contributed by atoms with van der Waals surface area (Å²) in [4.78, 5) is 10.1. The minimum absolute atomic E-state index is 0.327. The van der Waals surface area contributed by atoms with Gasteiger partial charge in [0.05, 0.1) is 6.54 Å². The Morgan fingerprint density at radius 3 is 2.41 bits per heavy atom. The van der Waals surface area contributed by atoms with Gasteiger partial charge in [-0.15, -0.1) is 0 Å². The fourth-order valence-corrected chi connectivity index (χ4v) is 2.38. The summed E-state index contributed by atoms with van der Waals surface area (Å²) in [6, 6.07) is 5.39. The molecule has 0 spiro atoms. The van der Waals surface area contributed by atoms with E-state index < -0.39 is 0 Å². The van der Waals surface area contributed by atoms with Crippen molar-refractivity contribution in [3.05, 3.63) is 40.0 Å². The molecule has 0 aliphatic carbocycles. The average molecular weight is 340 g/mol. The summed E-state index contributed by atoms with van der Waals surface area (Å²) in [5.41, 5.74) is 0.677. The second-order valence-electron chi connectivity index (χ2n) is 4.64. The Balaban J connectivity index is 1.80. The molecule has 0 amide bonds. The average Bonchev–Trinajstić information content (AvgIpc) is 3.07. The van der Waals surface area contributed by atoms with E-state index in [1.807, 2.05) is 0 Å². The van der Waals surface area contributed by atoms with Crippen LogP contribution in [-0.2, 0) is 6.54 Å². The summed E-state index contributed by atoms with van der Waals surface area (Å²) in [5, 5.41) is 8.75. The van der Waals surface area contributed by atoms with Crippen molar-refractivity contribution in [1.82, 2.24) is 20.3 Å². The number of aryl methyl sites for hydroxylation is 1. The third-order valence-corrected chi connectivity index (χ3v) is 3.25. The van der Waals surface area contributed by atoms with Gasteiger partial charge in [0.15, 0.2) is 5.82 Å². The molecule has 114 valence electrons. The van der Waals surface area contributed by atoms with E-state index >= 15 is 0 Å². The largest absolute Gasteiger partial charge is 0.340 e. The molecule has 3 aromatic rings. The molecule has 7 nitrogen and oxygen atoms in total. The van der Waals surface area contributed by atoms with Crippen molar-refractivity contribution in [2.45, 2.75) is 13.5 Å². The monoisotopic (exact) mass is 339 g/mol. The molecule has 2 aromatic heterocycles. The first kappa shape index (κ1) is 14.8. The molecule has 0 saturated carbocycles. The van der Waals surface area contributed by atoms with Gasteiger partial charge in [0.1, 0.15) is 0 Å². The van der Waals surface area contributed by atoms with Crippen LogP contribution in [0.4, 0.5) is 6.01 Å². The molecule has 22 heavy (non-hydrogen) atoms. The van der Waals surface area contributed by atoms with Crippen LogP contribution in [0.2, 0.25) is 10.0 Å². The summed E-state index contributed by atoms with van der Waals surface area (Å²) in [6.45, 7) is 2.11. The Morgan fingerprint density at radius 2 is 1.77 bits per heavy atom. The maximum absolute atomic E-state index is 5.97. The quantitative estimate of drug-likeness (QED) is 0.720. The molecule has 0 fully saturated rings. The predicted molar refractivity (Wildman–Crippen MR) is 80.9 cm³/mol. The number of benzene rings is 1. The summed E-state index contributed by atoms with van der Waals surface area (Å²) in [6.07, 6.45) is 0. The van der Waals surface area contributed by atoms with Crippen LogP contribution in [0.25, 0.3) is 11.4 Å². The van der Waals surface area contributed by atoms with Gasteiger partial charge < -0.3 is 13.9 Å². The third kappa shape index (κ3) is 3.20. The highest BCUT2D eigenvalue weighted by molar-refractivity contribution is 6.35. The molecule has 0 N–H and O–H groups in total. The molecular formula is C13H11Cl2N5O2. The van der Waals surface area contributed by atoms with Gasteiger partial charge in [-0.2, -0.15) is 9.97 Å². The van der Waals surface area contributed by atoms with Crippen LogP contribution in [-0.4, -0.2) is 27.3 Å². The standard InChI is InChI=1S/C13H11Cl2N5O2/c1-7-16-11(18-21-7)6-20(2)13-17-12(19-22-13)8-3-9(14)5-10(15)4-8/h3-5H,6H2,1-2H3. The van der Waals surface area contributed by atoms with E-state index in [9.17, 15) is 0 Å². The minimum atomic E-state index is 0.327. The molecule has 0 aliphatic heterocycles. The number of nitrogens with zero attached hydrogens (tertiary/aromatic N) is 5. The molecule has 3 rings (SSSR count). The fraction of sp³-hybridized carbons (Fsp3) is 0.231. The first-order chi connectivity index (χ1) is 10.5. The van der Waals surface area contributed by atoms with Gasteiger partial charge >= 0.3 is 6.01 Å². The van der Waals surface area contributed by atoms with Crippen LogP contribution < -0.4 is 4.90 Å². The van der Waals surface area contributed by atoms with Crippen LogP contribution >= 0.6 is 23.2 Å². The number of hydrogen-bond donors (Lipinski definition) is 0. The minimum Gasteiger partial charge on any atom is -0.340 e. The van der Waals surface area contributed by atoms with Gasteiger partial charge in [0.25, 0.3) is 0 Å². The molecule has 0 unspecified atom stereocenters. The lowest BCUT2D eigenvalue weighted by Gasteiger charge is -2.09. The topological polar surface area (TPSA) is 81.1 Å². The van der Waals surface area contributed by atoms with Crippen molar-refractivity contribution in [2.75, 3.05) is 11.9 Å². The van der Waals surface area contributed by atoms with E-state index in [-0.39, 0.29) is 0 Å². The zero-order chi connectivity index (χ0) is 15.7. The van der Waals surface area contributed by atoms with Gasteiger partial charge in [-0.1, -0.05) is 33.5 Å². The van der Waals surface area contributed by atoms with E-state index in [0.29, 0.717) is 45.7 Å². The highest BCUT2D eigenvalue weighted by atomic mass is 35.5. The van der Waals surface area contributed by atoms with Crippen LogP contribution in [0.3, 0.4) is 0 Å². The SMILES string of the molecule is Cc1nc(CN(C)c2nc(-c3cc(Cl)cc(Cl)c3)no2)no1. The summed E-state index contributed by atoms with van der Waals surface area (Å²) >= 11 is 11.9. The number of aromatic nitrogens is 4. The molecule has 1 aromatic carbocycles. The lowest BCUT2D eigenvalue weighted by molar-refractivity contribution is 0.385. The van der Waals surface area contributed by atoms with Crippen LogP contribution in [0.1, 0.15) is 11.7 Å². The number of hydrogen-bond acceptors (Lipinski definition) is 7. The van der Waals surface area contributed by atoms with Crippen LogP contribution in [0.5, 0.6) is 0 Å². The molecule has 0 saturated heterocycles. The Labute approximate surface area is 135 Å². The molecular weight excluding hydrogens is 329 g/mol. The van der Waals surface area contributed by atoms with Crippen molar-refractivity contribution >= 4 is 29.2 Å². The van der Waals surface area contributed by atoms with Crippen molar-refractivity contribution < 1.29 is 9.05 Å². The predicted octanol–water partition coefficient (Wildman–Crippen LogP) is 3.37. The smallest absolute Gasteiger partial charge is 0.324 e. The van der Waals surface area contributed by atoms with Crippen molar-refractivity contribution in [1.29, 1.82) is 0 Å². The first-order valence-electron chi connectivity index (χ1n) is 6.32. The van der Waals surface area contributed by atoms with E-state index in [2.05, 4.69) is 20.3 Å². The molecule has 0 atom stereocenters. The number of halogens is 2. The second kappa shape index (κ2) is 5.94. The van der Waals surface area contributed by atoms with Crippen LogP contribution in [0, 0.1) is 6.92 Å². The van der Waals surface area contributed by atoms with E-state index in [0.717, 1.165) is 0 Å². The highest BCUT2D eigenvalue weighted by Gasteiger charge is 2.15. The van der Waals surface area contributed by atoms with Crippen molar-refractivity contribution in [3.63, 3.8) is 0 Å². The Bertz CT molecular complexity index is 781. The Morgan fingerprint density at radius 1 is 1.05 bits per heavy atom. The lowest BCUT2D eigenvalue weighted by Crippen LogP contribution is -2.17. The molecule has 0 radical (unpaired) electrons. The highest BCUT2D eigenvalue weighted by Crippen LogP contribution is 2.26. The normalized spacial score (nSPS) is 10.9. The number of rotatable bonds is 4. The zero-order valence-corrected chi connectivity index (χ0v) is 13.3. The molecule has 2 heterocycles. The molecule has 0 bridgehead atoms. The Kier molecular flexibility index (Phi) is 4.00. The van der Waals surface area contributed by atoms with E-state index in [1.165, 1.54) is 0 Å². The zero-order valence-electron chi connectivity index (χ0n) is 11.7. The third-order valence-electron chi connectivity index (χ3n) is 2.81. The lowest BCUT2D eigenvalue weighted by atomic mass is 10.2. The second-order valence-corrected chi connectivity index (χ2v) is 5.52. The van der Waals surface area contributed by atoms with Gasteiger partial charge in [-0.05, 0) is 18.2 Å². The van der Waals surface area contributed by atoms with Gasteiger partial charge in [0, 0.05) is 29.6 Å². The van der Waals surface area contributed by atoms with Gasteiger partial charge in [-0.25, -0.2) is 0 Å². The summed E-state index contributed by atoms with van der Waals surface area (Å²) in [7, 11) is 1.79. The maximum atomic E-state index is 5.97. The van der Waals surface area contributed by atoms with Crippen molar-refractivity contribution in [3.8, 4) is 11.4 Å². The maximum Gasteiger partial charge on any atom is 0.324 e. The van der Waals surface area contributed by atoms with Crippen molar-refractivity contribution in [2.24, 2.45) is 0 Å². The van der Waals surface area contributed by atoms with Crippen LogP contribution in [0.15, 0.2) is 27.2 Å². The first-order valence-corrected chi connectivity index (χ1v) is 7.07. The van der Waals surface area contributed by atoms with Gasteiger partial charge in [0.2, 0.25) is 11.7 Å². The Hall–Kier alpha value is -2.12. The fourth-order valence-electron chi connectivity index (χ4n) is 1.86. The summed E-state index contributed by atoms with van der Waals surface area (Å²) < 4.78 is 10.2. The molecule has 0 aliphatic rings. The van der Waals surface area contributed by atoms with E-state index in [1.54, 1.807) is 37.1 Å². The van der Waals surface area contributed by atoms with E-state index in [4.69, 9.17) is 32.2 Å². The number of anilines is 1.